The molecule has 0 radical (unpaired) electrons. The number of hydrogen-bond acceptors (Lipinski definition) is 3. The van der Waals surface area contributed by atoms with Gasteiger partial charge in [-0.05, 0) is 42.8 Å². The van der Waals surface area contributed by atoms with Gasteiger partial charge in [0.1, 0.15) is 11.6 Å². The van der Waals surface area contributed by atoms with E-state index in [0.29, 0.717) is 16.7 Å². The van der Waals surface area contributed by atoms with Gasteiger partial charge in [-0.25, -0.2) is 17.2 Å². The Labute approximate surface area is 184 Å². The van der Waals surface area contributed by atoms with Gasteiger partial charge in [0, 0.05) is 17.6 Å². The molecule has 0 bridgehead atoms. The van der Waals surface area contributed by atoms with E-state index in [1.807, 2.05) is 6.92 Å². The van der Waals surface area contributed by atoms with Crippen LogP contribution in [0.4, 0.5) is 14.5 Å². The van der Waals surface area contributed by atoms with Gasteiger partial charge in [-0.1, -0.05) is 47.5 Å². The average Bonchev–Trinajstić information content (AvgIpc) is 2.71. The van der Waals surface area contributed by atoms with E-state index in [1.54, 1.807) is 36.4 Å². The van der Waals surface area contributed by atoms with Gasteiger partial charge < -0.3 is 5.32 Å². The van der Waals surface area contributed by atoms with E-state index in [4.69, 9.17) is 11.6 Å². The number of amides is 1. The Hall–Kier alpha value is -2.81. The number of aryl methyl sites for hydroxylation is 1. The Morgan fingerprint density at radius 1 is 1.03 bits per heavy atom. The molecule has 0 saturated carbocycles. The van der Waals surface area contributed by atoms with Gasteiger partial charge in [0.05, 0.1) is 17.1 Å². The molecule has 5 nitrogen and oxygen atoms in total. The lowest BCUT2D eigenvalue weighted by Gasteiger charge is -2.22. The molecule has 31 heavy (non-hydrogen) atoms. The zero-order valence-electron chi connectivity index (χ0n) is 16.5. The standard InChI is InChI=1S/C22H19ClF2N2O3S/c1-15-6-9-18(10-7-15)31(29,30)27(13-16-4-2-3-5-19(16)23)14-22(28)26-21-11-8-17(24)12-20(21)25/h2-12H,13-14H2,1H3,(H,26,28). The summed E-state index contributed by atoms with van der Waals surface area (Å²) in [4.78, 5) is 12.6. The van der Waals surface area contributed by atoms with Crippen LogP contribution in [0.1, 0.15) is 11.1 Å². The van der Waals surface area contributed by atoms with Crippen LogP contribution < -0.4 is 5.32 Å². The van der Waals surface area contributed by atoms with Crippen LogP contribution >= 0.6 is 11.6 Å². The Bertz CT molecular complexity index is 1200. The van der Waals surface area contributed by atoms with Crippen molar-refractivity contribution in [2.75, 3.05) is 11.9 Å². The number of hydrogen-bond donors (Lipinski definition) is 1. The molecule has 3 aromatic rings. The quantitative estimate of drug-likeness (QED) is 0.548. The molecular weight excluding hydrogens is 446 g/mol. The zero-order valence-corrected chi connectivity index (χ0v) is 18.1. The van der Waals surface area contributed by atoms with Crippen LogP contribution in [0.15, 0.2) is 71.6 Å². The largest absolute Gasteiger partial charge is 0.322 e. The number of sulfonamides is 1. The molecule has 0 spiro atoms. The summed E-state index contributed by atoms with van der Waals surface area (Å²) in [5.74, 6) is -2.54. The number of benzene rings is 3. The molecule has 0 heterocycles. The van der Waals surface area contributed by atoms with Gasteiger partial charge in [-0.2, -0.15) is 4.31 Å². The van der Waals surface area contributed by atoms with Gasteiger partial charge in [-0.3, -0.25) is 4.79 Å². The molecule has 0 aliphatic rings. The number of nitrogens with one attached hydrogen (secondary N) is 1. The third kappa shape index (κ3) is 5.66. The smallest absolute Gasteiger partial charge is 0.243 e. The van der Waals surface area contributed by atoms with E-state index in [1.165, 1.54) is 12.1 Å². The fourth-order valence-corrected chi connectivity index (χ4v) is 4.41. The number of rotatable bonds is 7. The SMILES string of the molecule is Cc1ccc(S(=O)(=O)N(CC(=O)Nc2ccc(F)cc2F)Cc2ccccc2Cl)cc1. The maximum Gasteiger partial charge on any atom is 0.243 e. The highest BCUT2D eigenvalue weighted by molar-refractivity contribution is 7.89. The minimum Gasteiger partial charge on any atom is -0.322 e. The topological polar surface area (TPSA) is 66.5 Å². The molecule has 3 rings (SSSR count). The van der Waals surface area contributed by atoms with Crippen molar-refractivity contribution in [3.05, 3.63) is 94.5 Å². The molecule has 0 unspecified atom stereocenters. The summed E-state index contributed by atoms with van der Waals surface area (Å²) in [6.07, 6.45) is 0. The fraction of sp³-hybridized carbons (Fsp3) is 0.136. The summed E-state index contributed by atoms with van der Waals surface area (Å²) in [6, 6.07) is 15.5. The van der Waals surface area contributed by atoms with Crippen molar-refractivity contribution in [1.29, 1.82) is 0 Å². The first-order valence-electron chi connectivity index (χ1n) is 9.22. The Morgan fingerprint density at radius 2 is 1.71 bits per heavy atom. The second kappa shape index (κ2) is 9.55. The summed E-state index contributed by atoms with van der Waals surface area (Å²) in [5.41, 5.74) is 1.12. The number of nitrogens with zero attached hydrogens (tertiary/aromatic N) is 1. The van der Waals surface area contributed by atoms with Gasteiger partial charge in [-0.15, -0.1) is 0 Å². The first-order chi connectivity index (χ1) is 14.7. The molecule has 3 aromatic carbocycles. The molecule has 0 aromatic heterocycles. The van der Waals surface area contributed by atoms with Crippen LogP contribution in [0.3, 0.4) is 0 Å². The molecule has 0 saturated heterocycles. The first kappa shape index (κ1) is 22.9. The van der Waals surface area contributed by atoms with Crippen LogP contribution in [-0.4, -0.2) is 25.2 Å². The van der Waals surface area contributed by atoms with Crippen LogP contribution in [0.5, 0.6) is 0 Å². The third-order valence-corrected chi connectivity index (χ3v) is 6.66. The highest BCUT2D eigenvalue weighted by atomic mass is 35.5. The number of anilines is 1. The number of halogens is 3. The summed E-state index contributed by atoms with van der Waals surface area (Å²) in [5, 5.41) is 2.63. The maximum atomic E-state index is 13.9. The van der Waals surface area contributed by atoms with Crippen LogP contribution in [0.2, 0.25) is 5.02 Å². The minimum atomic E-state index is -4.08. The van der Waals surface area contributed by atoms with Crippen molar-refractivity contribution < 1.29 is 22.0 Å². The van der Waals surface area contributed by atoms with E-state index in [-0.39, 0.29) is 17.1 Å². The van der Waals surface area contributed by atoms with Crippen molar-refractivity contribution in [2.24, 2.45) is 0 Å². The summed E-state index contributed by atoms with van der Waals surface area (Å²) in [7, 11) is -4.08. The predicted octanol–water partition coefficient (Wildman–Crippen LogP) is 4.76. The third-order valence-electron chi connectivity index (χ3n) is 4.49. The van der Waals surface area contributed by atoms with E-state index >= 15 is 0 Å². The van der Waals surface area contributed by atoms with Crippen molar-refractivity contribution in [3.8, 4) is 0 Å². The highest BCUT2D eigenvalue weighted by Crippen LogP contribution is 2.23. The molecule has 1 N–H and O–H groups in total. The lowest BCUT2D eigenvalue weighted by molar-refractivity contribution is -0.116. The summed E-state index contributed by atoms with van der Waals surface area (Å²) < 4.78 is 54.4. The molecule has 0 atom stereocenters. The number of carbonyl (C=O) groups excluding carboxylic acids is 1. The van der Waals surface area contributed by atoms with Gasteiger partial charge >= 0.3 is 0 Å². The zero-order chi connectivity index (χ0) is 22.6. The van der Waals surface area contributed by atoms with Crippen LogP contribution in [0, 0.1) is 18.6 Å². The lowest BCUT2D eigenvalue weighted by Crippen LogP contribution is -2.37. The van der Waals surface area contributed by atoms with E-state index < -0.39 is 34.1 Å². The van der Waals surface area contributed by atoms with Crippen molar-refractivity contribution in [1.82, 2.24) is 4.31 Å². The van der Waals surface area contributed by atoms with E-state index in [9.17, 15) is 22.0 Å². The predicted molar refractivity (Wildman–Crippen MR) is 115 cm³/mol. The van der Waals surface area contributed by atoms with Gasteiger partial charge in [0.25, 0.3) is 0 Å². The molecule has 9 heteroatoms. The molecular formula is C22H19ClF2N2O3S. The van der Waals surface area contributed by atoms with Gasteiger partial charge in [0.2, 0.25) is 15.9 Å². The average molecular weight is 465 g/mol. The minimum absolute atomic E-state index is 0.00548. The normalized spacial score (nSPS) is 11.5. The molecule has 1 amide bonds. The monoisotopic (exact) mass is 464 g/mol. The molecule has 162 valence electrons. The Balaban J connectivity index is 1.90. The first-order valence-corrected chi connectivity index (χ1v) is 11.0. The molecule has 0 aliphatic heterocycles. The summed E-state index contributed by atoms with van der Waals surface area (Å²) in [6.45, 7) is 1.05. The maximum absolute atomic E-state index is 13.9. The van der Waals surface area contributed by atoms with Crippen molar-refractivity contribution in [2.45, 2.75) is 18.4 Å². The Kier molecular flexibility index (Phi) is 7.04. The van der Waals surface area contributed by atoms with E-state index in [0.717, 1.165) is 22.0 Å². The van der Waals surface area contributed by atoms with Crippen LogP contribution in [-0.2, 0) is 21.4 Å². The summed E-state index contributed by atoms with van der Waals surface area (Å²) >= 11 is 6.18. The van der Waals surface area contributed by atoms with Crippen molar-refractivity contribution >= 4 is 33.2 Å². The second-order valence-corrected chi connectivity index (χ2v) is 9.20. The molecule has 0 aliphatic carbocycles. The van der Waals surface area contributed by atoms with Crippen LogP contribution in [0.25, 0.3) is 0 Å². The van der Waals surface area contributed by atoms with E-state index in [2.05, 4.69) is 5.32 Å². The number of carbonyl (C=O) groups is 1. The van der Waals surface area contributed by atoms with Crippen molar-refractivity contribution in [3.63, 3.8) is 0 Å². The highest BCUT2D eigenvalue weighted by Gasteiger charge is 2.28. The lowest BCUT2D eigenvalue weighted by atomic mass is 10.2. The van der Waals surface area contributed by atoms with Gasteiger partial charge in [0.15, 0.2) is 0 Å². The second-order valence-electron chi connectivity index (χ2n) is 6.85. The Morgan fingerprint density at radius 3 is 2.35 bits per heavy atom. The fourth-order valence-electron chi connectivity index (χ4n) is 2.84. The molecule has 0 fully saturated rings.